The summed E-state index contributed by atoms with van der Waals surface area (Å²) in [6.45, 7) is 5.86. The molecule has 0 rings (SSSR count). The van der Waals surface area contributed by atoms with Crippen LogP contribution in [0.4, 0.5) is 4.79 Å². The summed E-state index contributed by atoms with van der Waals surface area (Å²) in [6, 6.07) is -0.308. The second-order valence-corrected chi connectivity index (χ2v) is 6.09. The zero-order valence-corrected chi connectivity index (χ0v) is 10.1. The number of primary sulfonamides is 1. The third kappa shape index (κ3) is 11.1. The first-order chi connectivity index (χ1) is 6.60. The molecule has 2 amide bonds. The second kappa shape index (κ2) is 5.32. The zero-order chi connectivity index (χ0) is 12.1. The summed E-state index contributed by atoms with van der Waals surface area (Å²) in [5.74, 6) is -0.122. The summed E-state index contributed by atoms with van der Waals surface area (Å²) < 4.78 is 21.1. The van der Waals surface area contributed by atoms with Gasteiger partial charge in [0.1, 0.15) is 0 Å². The van der Waals surface area contributed by atoms with Crippen molar-refractivity contribution >= 4 is 16.1 Å². The van der Waals surface area contributed by atoms with Gasteiger partial charge in [0.25, 0.3) is 0 Å². The van der Waals surface area contributed by atoms with E-state index in [4.69, 9.17) is 5.14 Å². The van der Waals surface area contributed by atoms with E-state index in [0.717, 1.165) is 0 Å². The van der Waals surface area contributed by atoms with Crippen molar-refractivity contribution in [3.05, 3.63) is 0 Å². The number of carbonyl (C=O) groups excluding carboxylic acids is 1. The highest BCUT2D eigenvalue weighted by Gasteiger charge is 2.12. The number of sulfonamides is 1. The van der Waals surface area contributed by atoms with E-state index in [1.54, 1.807) is 0 Å². The highest BCUT2D eigenvalue weighted by atomic mass is 32.2. The quantitative estimate of drug-likeness (QED) is 0.588. The minimum atomic E-state index is -3.43. The fourth-order valence-corrected chi connectivity index (χ4v) is 1.41. The van der Waals surface area contributed by atoms with Crippen LogP contribution in [-0.4, -0.2) is 32.3 Å². The van der Waals surface area contributed by atoms with Crippen LogP contribution in [0.25, 0.3) is 0 Å². The molecule has 0 bridgehead atoms. The monoisotopic (exact) mass is 237 g/mol. The predicted octanol–water partition coefficient (Wildman–Crippen LogP) is -0.237. The molecule has 0 aliphatic heterocycles. The number of hydrogen-bond donors (Lipinski definition) is 3. The van der Waals surface area contributed by atoms with Gasteiger partial charge in [-0.25, -0.2) is 18.4 Å². The van der Waals surface area contributed by atoms with Crippen molar-refractivity contribution in [3.63, 3.8) is 0 Å². The highest BCUT2D eigenvalue weighted by molar-refractivity contribution is 7.89. The number of nitrogens with two attached hydrogens (primary N) is 1. The van der Waals surface area contributed by atoms with Crippen LogP contribution in [0.1, 0.15) is 27.2 Å². The van der Waals surface area contributed by atoms with Crippen molar-refractivity contribution in [1.29, 1.82) is 0 Å². The lowest BCUT2D eigenvalue weighted by Gasteiger charge is -2.20. The fraction of sp³-hybridized carbons (Fsp3) is 0.875. The first kappa shape index (κ1) is 14.2. The van der Waals surface area contributed by atoms with Crippen molar-refractivity contribution in [3.8, 4) is 0 Å². The molecule has 0 aromatic rings. The largest absolute Gasteiger partial charge is 0.338 e. The molecule has 0 atom stereocenters. The number of carbonyl (C=O) groups is 1. The van der Waals surface area contributed by atoms with Crippen molar-refractivity contribution < 1.29 is 13.2 Å². The Bertz CT molecular complexity index is 306. The number of hydrogen-bond acceptors (Lipinski definition) is 3. The molecule has 15 heavy (non-hydrogen) atoms. The van der Waals surface area contributed by atoms with Gasteiger partial charge in [0, 0.05) is 12.1 Å². The molecule has 0 saturated heterocycles. The van der Waals surface area contributed by atoms with Gasteiger partial charge in [-0.15, -0.1) is 0 Å². The third-order valence-corrected chi connectivity index (χ3v) is 2.24. The molecule has 0 spiro atoms. The maximum Gasteiger partial charge on any atom is 0.315 e. The molecular weight excluding hydrogens is 218 g/mol. The highest BCUT2D eigenvalue weighted by Crippen LogP contribution is 1.97. The Balaban J connectivity index is 3.66. The summed E-state index contributed by atoms with van der Waals surface area (Å²) in [6.07, 6.45) is 0.316. The maximum atomic E-state index is 11.2. The van der Waals surface area contributed by atoms with Crippen molar-refractivity contribution in [2.75, 3.05) is 12.3 Å². The SMILES string of the molecule is CC(C)(C)NC(=O)NCCCS(N)(=O)=O. The molecular formula is C8H19N3O3S. The van der Waals surface area contributed by atoms with Gasteiger partial charge < -0.3 is 10.6 Å². The molecule has 0 fully saturated rings. The number of rotatable bonds is 4. The lowest BCUT2D eigenvalue weighted by Crippen LogP contribution is -2.46. The van der Waals surface area contributed by atoms with Crippen LogP contribution in [0.2, 0.25) is 0 Å². The van der Waals surface area contributed by atoms with Crippen LogP contribution in [-0.2, 0) is 10.0 Å². The zero-order valence-electron chi connectivity index (χ0n) is 9.33. The van der Waals surface area contributed by atoms with Crippen LogP contribution >= 0.6 is 0 Å². The van der Waals surface area contributed by atoms with Gasteiger partial charge in [0.2, 0.25) is 10.0 Å². The van der Waals surface area contributed by atoms with E-state index in [0.29, 0.717) is 13.0 Å². The van der Waals surface area contributed by atoms with Gasteiger partial charge in [-0.1, -0.05) is 0 Å². The normalized spacial score (nSPS) is 12.3. The predicted molar refractivity (Wildman–Crippen MR) is 58.9 cm³/mol. The van der Waals surface area contributed by atoms with E-state index in [9.17, 15) is 13.2 Å². The maximum absolute atomic E-state index is 11.2. The van der Waals surface area contributed by atoms with Gasteiger partial charge in [0.15, 0.2) is 0 Å². The number of amides is 2. The van der Waals surface area contributed by atoms with Gasteiger partial charge in [-0.05, 0) is 27.2 Å². The van der Waals surface area contributed by atoms with E-state index in [1.165, 1.54) is 0 Å². The molecule has 90 valence electrons. The van der Waals surface area contributed by atoms with E-state index >= 15 is 0 Å². The summed E-state index contributed by atoms with van der Waals surface area (Å²) in [5, 5.41) is 10.0. The lowest BCUT2D eigenvalue weighted by molar-refractivity contribution is 0.232. The molecule has 0 aromatic carbocycles. The molecule has 0 aliphatic rings. The van der Waals surface area contributed by atoms with E-state index < -0.39 is 10.0 Å². The second-order valence-electron chi connectivity index (χ2n) is 4.35. The number of nitrogens with one attached hydrogen (secondary N) is 2. The Kier molecular flexibility index (Phi) is 5.02. The van der Waals surface area contributed by atoms with Crippen molar-refractivity contribution in [1.82, 2.24) is 10.6 Å². The van der Waals surface area contributed by atoms with Crippen LogP contribution in [0.3, 0.4) is 0 Å². The minimum absolute atomic E-state index is 0.122. The summed E-state index contributed by atoms with van der Waals surface area (Å²) in [4.78, 5) is 11.2. The Morgan fingerprint density at radius 1 is 1.33 bits per heavy atom. The van der Waals surface area contributed by atoms with E-state index in [1.807, 2.05) is 20.8 Å². The molecule has 0 aromatic heterocycles. The summed E-state index contributed by atoms with van der Waals surface area (Å²) in [5.41, 5.74) is -0.302. The Morgan fingerprint density at radius 2 is 1.87 bits per heavy atom. The Labute approximate surface area is 90.7 Å². The summed E-state index contributed by atoms with van der Waals surface area (Å²) in [7, 11) is -3.43. The van der Waals surface area contributed by atoms with Crippen LogP contribution < -0.4 is 15.8 Å². The lowest BCUT2D eigenvalue weighted by atomic mass is 10.1. The first-order valence-electron chi connectivity index (χ1n) is 4.67. The first-order valence-corrected chi connectivity index (χ1v) is 6.38. The van der Waals surface area contributed by atoms with Crippen molar-refractivity contribution in [2.45, 2.75) is 32.7 Å². The van der Waals surface area contributed by atoms with Crippen molar-refractivity contribution in [2.24, 2.45) is 5.14 Å². The van der Waals surface area contributed by atoms with Gasteiger partial charge in [-0.3, -0.25) is 0 Å². The van der Waals surface area contributed by atoms with E-state index in [-0.39, 0.29) is 17.3 Å². The van der Waals surface area contributed by atoms with Gasteiger partial charge in [-0.2, -0.15) is 0 Å². The van der Waals surface area contributed by atoms with E-state index in [2.05, 4.69) is 10.6 Å². The standard InChI is InChI=1S/C8H19N3O3S/c1-8(2,3)11-7(12)10-5-4-6-15(9,13)14/h4-6H2,1-3H3,(H2,9,13,14)(H2,10,11,12). The molecule has 0 aliphatic carbocycles. The molecule has 6 nitrogen and oxygen atoms in total. The average molecular weight is 237 g/mol. The molecule has 0 saturated carbocycles. The van der Waals surface area contributed by atoms with Crippen LogP contribution in [0, 0.1) is 0 Å². The molecule has 0 heterocycles. The number of urea groups is 1. The molecule has 4 N–H and O–H groups in total. The Morgan fingerprint density at radius 3 is 2.27 bits per heavy atom. The average Bonchev–Trinajstić information content (AvgIpc) is 1.92. The minimum Gasteiger partial charge on any atom is -0.338 e. The smallest absolute Gasteiger partial charge is 0.315 e. The van der Waals surface area contributed by atoms with Gasteiger partial charge in [0.05, 0.1) is 5.75 Å². The molecule has 7 heteroatoms. The molecule has 0 radical (unpaired) electrons. The summed E-state index contributed by atoms with van der Waals surface area (Å²) >= 11 is 0. The molecule has 0 unspecified atom stereocenters. The Hall–Kier alpha value is -0.820. The van der Waals surface area contributed by atoms with Crippen LogP contribution in [0.5, 0.6) is 0 Å². The topological polar surface area (TPSA) is 101 Å². The third-order valence-electron chi connectivity index (χ3n) is 1.38. The fourth-order valence-electron chi connectivity index (χ4n) is 0.860. The van der Waals surface area contributed by atoms with Gasteiger partial charge >= 0.3 is 6.03 Å². The van der Waals surface area contributed by atoms with Crippen LogP contribution in [0.15, 0.2) is 0 Å².